The highest BCUT2D eigenvalue weighted by Gasteiger charge is 2.30. The van der Waals surface area contributed by atoms with E-state index < -0.39 is 5.41 Å². The van der Waals surface area contributed by atoms with Crippen molar-refractivity contribution in [2.45, 2.75) is 40.2 Å². The van der Waals surface area contributed by atoms with Crippen LogP contribution in [0.15, 0.2) is 24.3 Å². The maximum absolute atomic E-state index is 12.2. The Kier molecular flexibility index (Phi) is 4.91. The van der Waals surface area contributed by atoms with Crippen LogP contribution in [-0.4, -0.2) is 12.5 Å². The summed E-state index contributed by atoms with van der Waals surface area (Å²) in [6.07, 6.45) is 0.746. The number of hydrogen-bond acceptors (Lipinski definition) is 2. The molecule has 0 radical (unpaired) electrons. The van der Waals surface area contributed by atoms with Crippen molar-refractivity contribution in [3.8, 4) is 0 Å². The lowest BCUT2D eigenvalue weighted by Gasteiger charge is -2.27. The Morgan fingerprint density at radius 1 is 1.44 bits per heavy atom. The van der Waals surface area contributed by atoms with E-state index in [9.17, 15) is 4.79 Å². The minimum absolute atomic E-state index is 0.0103. The highest BCUT2D eigenvalue weighted by atomic mass is 16.2. The molecule has 1 aromatic rings. The fourth-order valence-corrected chi connectivity index (χ4v) is 1.92. The third-order valence-corrected chi connectivity index (χ3v) is 3.78. The molecule has 0 spiro atoms. The van der Waals surface area contributed by atoms with E-state index >= 15 is 0 Å². The Hall–Kier alpha value is -1.35. The van der Waals surface area contributed by atoms with E-state index in [1.807, 2.05) is 39.0 Å². The van der Waals surface area contributed by atoms with Gasteiger partial charge < -0.3 is 11.1 Å². The van der Waals surface area contributed by atoms with E-state index in [0.717, 1.165) is 12.0 Å². The second-order valence-corrected chi connectivity index (χ2v) is 5.17. The van der Waals surface area contributed by atoms with Crippen LogP contribution >= 0.6 is 0 Å². The van der Waals surface area contributed by atoms with Gasteiger partial charge in [-0.2, -0.15) is 0 Å². The summed E-state index contributed by atoms with van der Waals surface area (Å²) in [4.78, 5) is 12.2. The Morgan fingerprint density at radius 2 is 2.06 bits per heavy atom. The van der Waals surface area contributed by atoms with Crippen LogP contribution in [0, 0.1) is 12.3 Å². The van der Waals surface area contributed by atoms with Gasteiger partial charge in [0.25, 0.3) is 0 Å². The summed E-state index contributed by atoms with van der Waals surface area (Å²) in [5.74, 6) is 0.0308. The molecule has 0 aliphatic rings. The maximum Gasteiger partial charge on any atom is 0.227 e. The van der Waals surface area contributed by atoms with Gasteiger partial charge >= 0.3 is 0 Å². The zero-order valence-corrected chi connectivity index (χ0v) is 11.8. The monoisotopic (exact) mass is 248 g/mol. The largest absolute Gasteiger partial charge is 0.349 e. The second kappa shape index (κ2) is 6.01. The van der Waals surface area contributed by atoms with Gasteiger partial charge in [0, 0.05) is 6.54 Å². The number of rotatable bonds is 5. The summed E-state index contributed by atoms with van der Waals surface area (Å²) in [5.41, 5.74) is 7.57. The predicted molar refractivity (Wildman–Crippen MR) is 75.2 cm³/mol. The Balaban J connectivity index is 2.80. The van der Waals surface area contributed by atoms with Crippen molar-refractivity contribution in [2.24, 2.45) is 11.1 Å². The third kappa shape index (κ3) is 3.10. The van der Waals surface area contributed by atoms with Crippen molar-refractivity contribution in [3.63, 3.8) is 0 Å². The van der Waals surface area contributed by atoms with Gasteiger partial charge in [0.05, 0.1) is 11.5 Å². The minimum Gasteiger partial charge on any atom is -0.349 e. The number of carbonyl (C=O) groups excluding carboxylic acids is 1. The first-order chi connectivity index (χ1) is 8.44. The number of nitrogens with two attached hydrogens (primary N) is 1. The first-order valence-corrected chi connectivity index (χ1v) is 6.51. The fourth-order valence-electron chi connectivity index (χ4n) is 1.92. The van der Waals surface area contributed by atoms with E-state index in [4.69, 9.17) is 5.73 Å². The molecule has 0 bridgehead atoms. The molecule has 1 unspecified atom stereocenters. The zero-order chi connectivity index (χ0) is 13.8. The molecule has 2 atom stereocenters. The van der Waals surface area contributed by atoms with Crippen LogP contribution in [0.5, 0.6) is 0 Å². The summed E-state index contributed by atoms with van der Waals surface area (Å²) in [6.45, 7) is 8.33. The van der Waals surface area contributed by atoms with Crippen LogP contribution in [0.2, 0.25) is 0 Å². The van der Waals surface area contributed by atoms with Gasteiger partial charge in [0.1, 0.15) is 0 Å². The topological polar surface area (TPSA) is 55.1 Å². The second-order valence-electron chi connectivity index (χ2n) is 5.17. The van der Waals surface area contributed by atoms with E-state index in [0.29, 0.717) is 6.54 Å². The lowest BCUT2D eigenvalue weighted by molar-refractivity contribution is -0.130. The van der Waals surface area contributed by atoms with Gasteiger partial charge in [0.15, 0.2) is 0 Å². The molecule has 0 aliphatic heterocycles. The van der Waals surface area contributed by atoms with E-state index in [2.05, 4.69) is 18.3 Å². The number of aryl methyl sites for hydroxylation is 1. The van der Waals surface area contributed by atoms with E-state index in [-0.39, 0.29) is 11.9 Å². The molecule has 0 saturated heterocycles. The predicted octanol–water partition coefficient (Wildman–Crippen LogP) is 2.55. The van der Waals surface area contributed by atoms with Crippen LogP contribution in [0.4, 0.5) is 0 Å². The number of nitrogens with one attached hydrogen (secondary N) is 1. The molecule has 1 rings (SSSR count). The molecule has 3 N–H and O–H groups in total. The van der Waals surface area contributed by atoms with Gasteiger partial charge in [-0.05, 0) is 38.3 Å². The third-order valence-electron chi connectivity index (χ3n) is 3.78. The van der Waals surface area contributed by atoms with Gasteiger partial charge in [-0.1, -0.05) is 31.2 Å². The lowest BCUT2D eigenvalue weighted by Crippen LogP contribution is -2.44. The van der Waals surface area contributed by atoms with Crippen molar-refractivity contribution < 1.29 is 4.79 Å². The van der Waals surface area contributed by atoms with Crippen LogP contribution < -0.4 is 11.1 Å². The maximum atomic E-state index is 12.2. The summed E-state index contributed by atoms with van der Waals surface area (Å²) < 4.78 is 0. The number of carbonyl (C=O) groups is 1. The summed E-state index contributed by atoms with van der Waals surface area (Å²) >= 11 is 0. The van der Waals surface area contributed by atoms with Crippen LogP contribution in [0.3, 0.4) is 0 Å². The molecule has 3 nitrogen and oxygen atoms in total. The number of benzene rings is 1. The molecule has 0 aromatic heterocycles. The molecule has 0 fully saturated rings. The molecule has 3 heteroatoms. The Labute approximate surface area is 110 Å². The van der Waals surface area contributed by atoms with Gasteiger partial charge in [-0.15, -0.1) is 0 Å². The average Bonchev–Trinajstić information content (AvgIpc) is 2.38. The molecule has 100 valence electrons. The minimum atomic E-state index is -0.475. The molecule has 0 heterocycles. The highest BCUT2D eigenvalue weighted by molar-refractivity contribution is 5.82. The van der Waals surface area contributed by atoms with Crippen molar-refractivity contribution >= 4 is 5.91 Å². The molecule has 0 saturated carbocycles. The lowest BCUT2D eigenvalue weighted by atomic mass is 9.86. The molecule has 1 aromatic carbocycles. The number of hydrogen-bond donors (Lipinski definition) is 2. The Morgan fingerprint density at radius 3 is 2.56 bits per heavy atom. The summed E-state index contributed by atoms with van der Waals surface area (Å²) in [6, 6.07) is 8.11. The van der Waals surface area contributed by atoms with E-state index in [1.54, 1.807) is 0 Å². The molecule has 18 heavy (non-hydrogen) atoms. The van der Waals surface area contributed by atoms with Gasteiger partial charge in [-0.3, -0.25) is 4.79 Å². The quantitative estimate of drug-likeness (QED) is 0.841. The fraction of sp³-hybridized carbons (Fsp3) is 0.533. The van der Waals surface area contributed by atoms with E-state index in [1.165, 1.54) is 5.56 Å². The van der Waals surface area contributed by atoms with Gasteiger partial charge in [-0.25, -0.2) is 0 Å². The summed E-state index contributed by atoms with van der Waals surface area (Å²) in [5, 5.41) is 3.06. The molecular weight excluding hydrogens is 224 g/mol. The standard InChI is InChI=1S/C15H24N2O/c1-5-15(4,10-16)14(18)17-12(3)13-9-7-6-8-11(13)2/h6-9,12H,5,10,16H2,1-4H3,(H,17,18)/t12-,15?/m1/s1. The van der Waals surface area contributed by atoms with Crippen molar-refractivity contribution in [1.82, 2.24) is 5.32 Å². The van der Waals surface area contributed by atoms with Crippen molar-refractivity contribution in [2.75, 3.05) is 6.54 Å². The average molecular weight is 248 g/mol. The normalized spacial score (nSPS) is 15.8. The van der Waals surface area contributed by atoms with Crippen LogP contribution in [-0.2, 0) is 4.79 Å². The zero-order valence-electron chi connectivity index (χ0n) is 11.8. The summed E-state index contributed by atoms with van der Waals surface area (Å²) in [7, 11) is 0. The Bertz CT molecular complexity index is 411. The van der Waals surface area contributed by atoms with Crippen molar-refractivity contribution in [1.29, 1.82) is 0 Å². The smallest absolute Gasteiger partial charge is 0.227 e. The highest BCUT2D eigenvalue weighted by Crippen LogP contribution is 2.23. The molecule has 1 amide bonds. The van der Waals surface area contributed by atoms with Crippen molar-refractivity contribution in [3.05, 3.63) is 35.4 Å². The van der Waals surface area contributed by atoms with Crippen LogP contribution in [0.25, 0.3) is 0 Å². The first kappa shape index (κ1) is 14.7. The molecular formula is C15H24N2O. The van der Waals surface area contributed by atoms with Crippen LogP contribution in [0.1, 0.15) is 44.4 Å². The van der Waals surface area contributed by atoms with Gasteiger partial charge in [0.2, 0.25) is 5.91 Å². The SMILES string of the molecule is CCC(C)(CN)C(=O)N[C@H](C)c1ccccc1C. The molecule has 0 aliphatic carbocycles. The number of amides is 1. The first-order valence-electron chi connectivity index (χ1n) is 6.51.